The Balaban J connectivity index is 0.00000242. The minimum Gasteiger partial charge on any atom is -0.355 e. The Bertz CT molecular complexity index is 449. The average Bonchev–Trinajstić information content (AvgIpc) is 2.50. The summed E-state index contributed by atoms with van der Waals surface area (Å²) >= 11 is 0. The highest BCUT2D eigenvalue weighted by Crippen LogP contribution is 2.09. The van der Waals surface area contributed by atoms with Gasteiger partial charge >= 0.3 is 0 Å². The fourth-order valence-electron chi connectivity index (χ4n) is 2.66. The molecule has 124 valence electrons. The second-order valence-corrected chi connectivity index (χ2v) is 5.62. The van der Waals surface area contributed by atoms with Gasteiger partial charge in [0.2, 0.25) is 5.91 Å². The van der Waals surface area contributed by atoms with E-state index in [0.717, 1.165) is 37.9 Å². The number of carbonyl (C=O) groups is 1. The number of carbonyl (C=O) groups excluding carboxylic acids is 1. The molecule has 1 amide bonds. The average molecular weight is 330 g/mol. The highest BCUT2D eigenvalue weighted by atomic mass is 35.5. The van der Waals surface area contributed by atoms with Gasteiger partial charge in [0.1, 0.15) is 5.82 Å². The monoisotopic (exact) mass is 329 g/mol. The van der Waals surface area contributed by atoms with Crippen LogP contribution in [0.15, 0.2) is 24.3 Å². The van der Waals surface area contributed by atoms with E-state index >= 15 is 0 Å². The summed E-state index contributed by atoms with van der Waals surface area (Å²) in [6.45, 7) is 3.08. The molecule has 1 aromatic rings. The number of piperidine rings is 1. The van der Waals surface area contributed by atoms with Gasteiger partial charge in [0.15, 0.2) is 0 Å². The van der Waals surface area contributed by atoms with Crippen LogP contribution in [0.3, 0.4) is 0 Å². The van der Waals surface area contributed by atoms with Crippen molar-refractivity contribution in [3.63, 3.8) is 0 Å². The van der Waals surface area contributed by atoms with E-state index in [0.29, 0.717) is 19.1 Å². The van der Waals surface area contributed by atoms with Crippen LogP contribution in [-0.2, 0) is 11.2 Å². The molecule has 1 aliphatic heterocycles. The van der Waals surface area contributed by atoms with Crippen LogP contribution < -0.4 is 10.6 Å². The van der Waals surface area contributed by atoms with Crippen molar-refractivity contribution in [2.45, 2.75) is 25.3 Å². The Hall–Kier alpha value is -1.17. The minimum atomic E-state index is -0.230. The van der Waals surface area contributed by atoms with Gasteiger partial charge in [-0.25, -0.2) is 4.39 Å². The zero-order valence-electron chi connectivity index (χ0n) is 13.0. The van der Waals surface area contributed by atoms with Crippen molar-refractivity contribution in [3.05, 3.63) is 35.6 Å². The van der Waals surface area contributed by atoms with Gasteiger partial charge in [-0.2, -0.15) is 0 Å². The second-order valence-electron chi connectivity index (χ2n) is 5.62. The third-order valence-corrected chi connectivity index (χ3v) is 3.97. The summed E-state index contributed by atoms with van der Waals surface area (Å²) in [5, 5.41) is 6.25. The molecule has 0 bridgehead atoms. The molecule has 0 spiro atoms. The number of halogens is 2. The van der Waals surface area contributed by atoms with Crippen molar-refractivity contribution >= 4 is 18.3 Å². The van der Waals surface area contributed by atoms with E-state index in [-0.39, 0.29) is 24.1 Å². The van der Waals surface area contributed by atoms with Crippen LogP contribution in [0.4, 0.5) is 4.39 Å². The maximum absolute atomic E-state index is 12.8. The number of nitrogens with zero attached hydrogens (tertiary/aromatic N) is 1. The molecule has 0 radical (unpaired) electrons. The number of hydrogen-bond donors (Lipinski definition) is 2. The first-order valence-electron chi connectivity index (χ1n) is 7.57. The molecule has 0 unspecified atom stereocenters. The van der Waals surface area contributed by atoms with Crippen molar-refractivity contribution < 1.29 is 9.18 Å². The lowest BCUT2D eigenvalue weighted by Gasteiger charge is -2.31. The van der Waals surface area contributed by atoms with Gasteiger partial charge in [0.25, 0.3) is 0 Å². The molecular weight excluding hydrogens is 305 g/mol. The van der Waals surface area contributed by atoms with Gasteiger partial charge in [-0.1, -0.05) is 12.1 Å². The summed E-state index contributed by atoms with van der Waals surface area (Å²) in [5.41, 5.74) is 1.03. The molecule has 1 saturated heterocycles. The first kappa shape index (κ1) is 18.9. The third kappa shape index (κ3) is 6.30. The van der Waals surface area contributed by atoms with E-state index in [1.807, 2.05) is 7.05 Å². The molecule has 0 aliphatic carbocycles. The molecule has 1 heterocycles. The number of benzene rings is 1. The van der Waals surface area contributed by atoms with Crippen LogP contribution in [0, 0.1) is 5.82 Å². The number of hydrogen-bond acceptors (Lipinski definition) is 3. The number of amides is 1. The third-order valence-electron chi connectivity index (χ3n) is 3.97. The first-order chi connectivity index (χ1) is 10.1. The van der Waals surface area contributed by atoms with E-state index in [1.165, 1.54) is 12.1 Å². The minimum absolute atomic E-state index is 0. The Labute approximate surface area is 137 Å². The largest absolute Gasteiger partial charge is 0.355 e. The molecule has 0 atom stereocenters. The second kappa shape index (κ2) is 9.77. The SMILES string of the molecule is CN(CC(=O)NCCc1ccc(F)cc1)C1CCNCC1.Cl. The van der Waals surface area contributed by atoms with Crippen LogP contribution in [0.1, 0.15) is 18.4 Å². The Morgan fingerprint density at radius 2 is 1.95 bits per heavy atom. The molecule has 4 nitrogen and oxygen atoms in total. The van der Waals surface area contributed by atoms with Crippen molar-refractivity contribution in [2.75, 3.05) is 33.2 Å². The summed E-state index contributed by atoms with van der Waals surface area (Å²) in [5.74, 6) is -0.176. The molecule has 1 aromatic carbocycles. The summed E-state index contributed by atoms with van der Waals surface area (Å²) in [4.78, 5) is 14.0. The molecule has 1 fully saturated rings. The smallest absolute Gasteiger partial charge is 0.234 e. The zero-order valence-corrected chi connectivity index (χ0v) is 13.8. The molecule has 6 heteroatoms. The normalized spacial score (nSPS) is 15.4. The Kier molecular flexibility index (Phi) is 8.38. The number of rotatable bonds is 6. The van der Waals surface area contributed by atoms with Crippen LogP contribution in [-0.4, -0.2) is 50.1 Å². The molecular formula is C16H25ClFN3O. The topological polar surface area (TPSA) is 44.4 Å². The van der Waals surface area contributed by atoms with E-state index in [2.05, 4.69) is 15.5 Å². The van der Waals surface area contributed by atoms with E-state index in [1.54, 1.807) is 12.1 Å². The van der Waals surface area contributed by atoms with Crippen LogP contribution in [0.25, 0.3) is 0 Å². The van der Waals surface area contributed by atoms with Crippen molar-refractivity contribution in [3.8, 4) is 0 Å². The Morgan fingerprint density at radius 1 is 1.32 bits per heavy atom. The number of nitrogens with one attached hydrogen (secondary N) is 2. The highest BCUT2D eigenvalue weighted by Gasteiger charge is 2.19. The van der Waals surface area contributed by atoms with Crippen LogP contribution in [0.5, 0.6) is 0 Å². The van der Waals surface area contributed by atoms with Crippen molar-refractivity contribution in [1.29, 1.82) is 0 Å². The quantitative estimate of drug-likeness (QED) is 0.833. The van der Waals surface area contributed by atoms with Gasteiger partial charge in [0.05, 0.1) is 6.54 Å². The van der Waals surface area contributed by atoms with Gasteiger partial charge < -0.3 is 10.6 Å². The predicted molar refractivity (Wildman–Crippen MR) is 88.9 cm³/mol. The summed E-state index contributed by atoms with van der Waals surface area (Å²) in [7, 11) is 2.01. The van der Waals surface area contributed by atoms with Gasteiger partial charge in [0, 0.05) is 12.6 Å². The van der Waals surface area contributed by atoms with Gasteiger partial charge in [-0.05, 0) is 57.1 Å². The summed E-state index contributed by atoms with van der Waals surface area (Å²) < 4.78 is 12.8. The van der Waals surface area contributed by atoms with Crippen molar-refractivity contribution in [2.24, 2.45) is 0 Å². The molecule has 2 N–H and O–H groups in total. The van der Waals surface area contributed by atoms with Crippen LogP contribution in [0.2, 0.25) is 0 Å². The summed E-state index contributed by atoms with van der Waals surface area (Å²) in [6, 6.07) is 6.89. The molecule has 22 heavy (non-hydrogen) atoms. The van der Waals surface area contributed by atoms with E-state index in [4.69, 9.17) is 0 Å². The lowest BCUT2D eigenvalue weighted by atomic mass is 10.1. The predicted octanol–water partition coefficient (Wildman–Crippen LogP) is 1.59. The lowest BCUT2D eigenvalue weighted by molar-refractivity contribution is -0.122. The molecule has 1 aliphatic rings. The first-order valence-corrected chi connectivity index (χ1v) is 7.57. The lowest BCUT2D eigenvalue weighted by Crippen LogP contribution is -2.45. The maximum Gasteiger partial charge on any atom is 0.234 e. The number of likely N-dealkylation sites (N-methyl/N-ethyl adjacent to an activating group) is 1. The molecule has 0 saturated carbocycles. The molecule has 0 aromatic heterocycles. The fourth-order valence-corrected chi connectivity index (χ4v) is 2.66. The van der Waals surface area contributed by atoms with Gasteiger partial charge in [-0.3, -0.25) is 9.69 Å². The standard InChI is InChI=1S/C16H24FN3O.ClH/c1-20(15-7-9-18-10-8-15)12-16(21)19-11-6-13-2-4-14(17)5-3-13;/h2-5,15,18H,6-12H2,1H3,(H,19,21);1H. The fraction of sp³-hybridized carbons (Fsp3) is 0.562. The summed E-state index contributed by atoms with van der Waals surface area (Å²) in [6.07, 6.45) is 2.92. The van der Waals surface area contributed by atoms with Gasteiger partial charge in [-0.15, -0.1) is 12.4 Å². The Morgan fingerprint density at radius 3 is 2.59 bits per heavy atom. The van der Waals surface area contributed by atoms with E-state index < -0.39 is 0 Å². The highest BCUT2D eigenvalue weighted by molar-refractivity contribution is 5.85. The molecule has 2 rings (SSSR count). The van der Waals surface area contributed by atoms with Crippen molar-refractivity contribution in [1.82, 2.24) is 15.5 Å². The maximum atomic E-state index is 12.8. The van der Waals surface area contributed by atoms with Crippen LogP contribution >= 0.6 is 12.4 Å². The zero-order chi connectivity index (χ0) is 15.1. The van der Waals surface area contributed by atoms with E-state index in [9.17, 15) is 9.18 Å².